The summed E-state index contributed by atoms with van der Waals surface area (Å²) in [5.74, 6) is 0.724. The summed E-state index contributed by atoms with van der Waals surface area (Å²) < 4.78 is 5.37. The summed E-state index contributed by atoms with van der Waals surface area (Å²) >= 11 is 0. The SMILES string of the molecule is CC(=O)N1CCC2(CC1)C[C@H](CC(=O)N1CCOCC1)c1ccccc12. The van der Waals surface area contributed by atoms with Crippen LogP contribution in [0.15, 0.2) is 24.3 Å². The van der Waals surface area contributed by atoms with Gasteiger partial charge in [-0.25, -0.2) is 0 Å². The Morgan fingerprint density at radius 3 is 2.46 bits per heavy atom. The van der Waals surface area contributed by atoms with Crippen molar-refractivity contribution < 1.29 is 14.3 Å². The Hall–Kier alpha value is -1.88. The topological polar surface area (TPSA) is 49.9 Å². The van der Waals surface area contributed by atoms with Crippen LogP contribution in [0.2, 0.25) is 0 Å². The molecule has 140 valence electrons. The molecule has 0 N–H and O–H groups in total. The maximum absolute atomic E-state index is 12.8. The second-order valence-corrected chi connectivity index (χ2v) is 7.97. The number of hydrogen-bond acceptors (Lipinski definition) is 3. The fraction of sp³-hybridized carbons (Fsp3) is 0.619. The van der Waals surface area contributed by atoms with Crippen molar-refractivity contribution in [3.05, 3.63) is 35.4 Å². The first-order valence-electron chi connectivity index (χ1n) is 9.79. The molecule has 0 aromatic heterocycles. The number of ether oxygens (including phenoxy) is 1. The van der Waals surface area contributed by atoms with Gasteiger partial charge in [0.2, 0.25) is 11.8 Å². The molecule has 4 rings (SSSR count). The molecule has 2 amide bonds. The van der Waals surface area contributed by atoms with Crippen LogP contribution in [-0.2, 0) is 19.7 Å². The van der Waals surface area contributed by atoms with E-state index in [1.807, 2.05) is 9.80 Å². The number of likely N-dealkylation sites (tertiary alicyclic amines) is 1. The zero-order chi connectivity index (χ0) is 18.1. The van der Waals surface area contributed by atoms with Crippen LogP contribution in [0, 0.1) is 0 Å². The Morgan fingerprint density at radius 2 is 1.77 bits per heavy atom. The monoisotopic (exact) mass is 356 g/mol. The molecule has 1 atom stereocenters. The minimum atomic E-state index is 0.137. The number of rotatable bonds is 2. The van der Waals surface area contributed by atoms with E-state index < -0.39 is 0 Å². The molecule has 2 heterocycles. The first-order chi connectivity index (χ1) is 12.6. The average Bonchev–Trinajstić information content (AvgIpc) is 2.96. The van der Waals surface area contributed by atoms with E-state index in [0.29, 0.717) is 38.6 Å². The lowest BCUT2D eigenvalue weighted by molar-refractivity contribution is -0.135. The molecule has 3 aliphatic rings. The summed E-state index contributed by atoms with van der Waals surface area (Å²) in [6.07, 6.45) is 3.64. The highest BCUT2D eigenvalue weighted by Crippen LogP contribution is 2.52. The predicted molar refractivity (Wildman–Crippen MR) is 99.0 cm³/mol. The van der Waals surface area contributed by atoms with E-state index in [1.165, 1.54) is 11.1 Å². The average molecular weight is 356 g/mol. The second-order valence-electron chi connectivity index (χ2n) is 7.97. The van der Waals surface area contributed by atoms with Crippen LogP contribution < -0.4 is 0 Å². The first kappa shape index (κ1) is 17.5. The van der Waals surface area contributed by atoms with Crippen molar-refractivity contribution >= 4 is 11.8 Å². The highest BCUT2D eigenvalue weighted by atomic mass is 16.5. The summed E-state index contributed by atoms with van der Waals surface area (Å²) in [6, 6.07) is 8.66. The summed E-state index contributed by atoms with van der Waals surface area (Å²) in [5.41, 5.74) is 2.91. The molecule has 2 fully saturated rings. The van der Waals surface area contributed by atoms with Crippen LogP contribution in [-0.4, -0.2) is 61.0 Å². The fourth-order valence-corrected chi connectivity index (χ4v) is 5.09. The third-order valence-corrected chi connectivity index (χ3v) is 6.56. The summed E-state index contributed by atoms with van der Waals surface area (Å²) in [5, 5.41) is 0. The van der Waals surface area contributed by atoms with Crippen LogP contribution in [0.25, 0.3) is 0 Å². The zero-order valence-electron chi connectivity index (χ0n) is 15.6. The zero-order valence-corrected chi connectivity index (χ0v) is 15.6. The van der Waals surface area contributed by atoms with Crippen molar-refractivity contribution in [3.63, 3.8) is 0 Å². The Labute approximate surface area is 155 Å². The molecule has 5 heteroatoms. The van der Waals surface area contributed by atoms with Gasteiger partial charge in [-0.15, -0.1) is 0 Å². The van der Waals surface area contributed by atoms with E-state index in [0.717, 1.165) is 32.4 Å². The third-order valence-electron chi connectivity index (χ3n) is 6.56. The Kier molecular flexibility index (Phi) is 4.74. The van der Waals surface area contributed by atoms with Crippen molar-refractivity contribution in [2.75, 3.05) is 39.4 Å². The van der Waals surface area contributed by atoms with Gasteiger partial charge in [0.05, 0.1) is 13.2 Å². The van der Waals surface area contributed by atoms with Gasteiger partial charge >= 0.3 is 0 Å². The van der Waals surface area contributed by atoms with Gasteiger partial charge in [-0.1, -0.05) is 24.3 Å². The standard InChI is InChI=1S/C21H28N2O3/c1-16(24)22-8-6-21(7-9-22)15-17(18-4-2-3-5-19(18)21)14-20(25)23-10-12-26-13-11-23/h2-5,17H,6-15H2,1H3/t17-/m0/s1. The maximum atomic E-state index is 12.8. The van der Waals surface area contributed by atoms with Crippen LogP contribution in [0.3, 0.4) is 0 Å². The van der Waals surface area contributed by atoms with E-state index in [9.17, 15) is 9.59 Å². The largest absolute Gasteiger partial charge is 0.378 e. The molecule has 1 aromatic carbocycles. The van der Waals surface area contributed by atoms with Gasteiger partial charge in [-0.2, -0.15) is 0 Å². The molecule has 0 bridgehead atoms. The van der Waals surface area contributed by atoms with Gasteiger partial charge in [0.15, 0.2) is 0 Å². The van der Waals surface area contributed by atoms with E-state index >= 15 is 0 Å². The highest BCUT2D eigenvalue weighted by Gasteiger charge is 2.46. The molecule has 0 saturated carbocycles. The number of nitrogens with zero attached hydrogens (tertiary/aromatic N) is 2. The molecule has 2 aliphatic heterocycles. The van der Waals surface area contributed by atoms with Crippen molar-refractivity contribution in [2.45, 2.75) is 43.9 Å². The molecule has 1 aliphatic carbocycles. The highest BCUT2D eigenvalue weighted by molar-refractivity contribution is 5.77. The van der Waals surface area contributed by atoms with E-state index in [4.69, 9.17) is 4.74 Å². The van der Waals surface area contributed by atoms with Crippen molar-refractivity contribution in [3.8, 4) is 0 Å². The lowest BCUT2D eigenvalue weighted by Crippen LogP contribution is -2.43. The molecule has 0 radical (unpaired) electrons. The fourth-order valence-electron chi connectivity index (χ4n) is 5.09. The van der Waals surface area contributed by atoms with Gasteiger partial charge in [0, 0.05) is 39.5 Å². The van der Waals surface area contributed by atoms with Gasteiger partial charge in [0.25, 0.3) is 0 Å². The summed E-state index contributed by atoms with van der Waals surface area (Å²) in [7, 11) is 0. The molecule has 2 saturated heterocycles. The van der Waals surface area contributed by atoms with Crippen LogP contribution in [0.4, 0.5) is 0 Å². The van der Waals surface area contributed by atoms with Crippen molar-refractivity contribution in [1.29, 1.82) is 0 Å². The van der Waals surface area contributed by atoms with E-state index in [2.05, 4.69) is 24.3 Å². The molecule has 1 spiro atoms. The Morgan fingerprint density at radius 1 is 1.08 bits per heavy atom. The lowest BCUT2D eigenvalue weighted by atomic mass is 9.73. The smallest absolute Gasteiger partial charge is 0.223 e. The molecule has 5 nitrogen and oxygen atoms in total. The number of fused-ring (bicyclic) bond motifs is 2. The second kappa shape index (κ2) is 7.03. The minimum Gasteiger partial charge on any atom is -0.378 e. The number of amides is 2. The molecule has 0 unspecified atom stereocenters. The molecule has 26 heavy (non-hydrogen) atoms. The predicted octanol–water partition coefficient (Wildman–Crippen LogP) is 2.30. The van der Waals surface area contributed by atoms with Crippen molar-refractivity contribution in [2.24, 2.45) is 0 Å². The quantitative estimate of drug-likeness (QED) is 0.817. The Balaban J connectivity index is 1.51. The first-order valence-corrected chi connectivity index (χ1v) is 9.79. The number of morpholine rings is 1. The van der Waals surface area contributed by atoms with Crippen LogP contribution in [0.1, 0.15) is 49.7 Å². The van der Waals surface area contributed by atoms with Crippen LogP contribution >= 0.6 is 0 Å². The normalized spacial score (nSPS) is 24.6. The minimum absolute atomic E-state index is 0.137. The number of carbonyl (C=O) groups is 2. The Bertz CT molecular complexity index is 688. The number of hydrogen-bond donors (Lipinski definition) is 0. The van der Waals surface area contributed by atoms with Crippen molar-refractivity contribution in [1.82, 2.24) is 9.80 Å². The lowest BCUT2D eigenvalue weighted by Gasteiger charge is -2.40. The molecular formula is C21H28N2O3. The number of piperidine rings is 1. The molecule has 1 aromatic rings. The van der Waals surface area contributed by atoms with Gasteiger partial charge < -0.3 is 14.5 Å². The van der Waals surface area contributed by atoms with Crippen LogP contribution in [0.5, 0.6) is 0 Å². The maximum Gasteiger partial charge on any atom is 0.223 e. The summed E-state index contributed by atoms with van der Waals surface area (Å²) in [6.45, 7) is 6.04. The third kappa shape index (κ3) is 3.13. The van der Waals surface area contributed by atoms with Gasteiger partial charge in [0.1, 0.15) is 0 Å². The number of carbonyl (C=O) groups excluding carboxylic acids is 2. The van der Waals surface area contributed by atoms with Gasteiger partial charge in [-0.05, 0) is 41.7 Å². The van der Waals surface area contributed by atoms with E-state index in [1.54, 1.807) is 6.92 Å². The summed E-state index contributed by atoms with van der Waals surface area (Å²) in [4.78, 5) is 28.4. The molecular weight excluding hydrogens is 328 g/mol. The number of benzene rings is 1. The van der Waals surface area contributed by atoms with Gasteiger partial charge in [-0.3, -0.25) is 9.59 Å². The van der Waals surface area contributed by atoms with E-state index in [-0.39, 0.29) is 17.2 Å².